The average molecular weight is 317 g/mol. The molecule has 1 aliphatic heterocycles. The molecule has 0 unspecified atom stereocenters. The number of anilines is 1. The summed E-state index contributed by atoms with van der Waals surface area (Å²) in [5, 5.41) is 0. The highest BCUT2D eigenvalue weighted by molar-refractivity contribution is 9.10. The lowest BCUT2D eigenvalue weighted by Crippen LogP contribution is -2.29. The van der Waals surface area contributed by atoms with Gasteiger partial charge in [0.1, 0.15) is 0 Å². The van der Waals surface area contributed by atoms with Crippen LogP contribution in [0, 0.1) is 0 Å². The van der Waals surface area contributed by atoms with Crippen LogP contribution in [0.3, 0.4) is 0 Å². The van der Waals surface area contributed by atoms with E-state index in [2.05, 4.69) is 57.2 Å². The summed E-state index contributed by atoms with van der Waals surface area (Å²) in [6.07, 6.45) is 1.14. The first kappa shape index (κ1) is 12.7. The number of nitrogen functional groups attached to an aromatic ring is 1. The van der Waals surface area contributed by atoms with Gasteiger partial charge in [-0.2, -0.15) is 0 Å². The minimum Gasteiger partial charge on any atom is -0.398 e. The molecule has 0 atom stereocenters. The molecule has 98 valence electrons. The molecule has 2 aromatic carbocycles. The van der Waals surface area contributed by atoms with Crippen molar-refractivity contribution < 1.29 is 0 Å². The van der Waals surface area contributed by atoms with Gasteiger partial charge in [-0.3, -0.25) is 4.90 Å². The fourth-order valence-electron chi connectivity index (χ4n) is 2.64. The molecule has 2 nitrogen and oxygen atoms in total. The largest absolute Gasteiger partial charge is 0.398 e. The van der Waals surface area contributed by atoms with E-state index in [0.29, 0.717) is 0 Å². The predicted octanol–water partition coefficient (Wildman–Crippen LogP) is 3.59. The maximum Gasteiger partial charge on any atom is 0.0461 e. The molecular formula is C16H17BrN2. The van der Waals surface area contributed by atoms with Crippen LogP contribution in [0.4, 0.5) is 5.69 Å². The van der Waals surface area contributed by atoms with Crippen LogP contribution in [0.15, 0.2) is 46.9 Å². The van der Waals surface area contributed by atoms with E-state index in [-0.39, 0.29) is 0 Å². The quantitative estimate of drug-likeness (QED) is 0.858. The molecule has 2 aromatic rings. The van der Waals surface area contributed by atoms with Crippen LogP contribution in [-0.2, 0) is 19.5 Å². The van der Waals surface area contributed by atoms with Gasteiger partial charge in [0.05, 0.1) is 0 Å². The third-order valence-electron chi connectivity index (χ3n) is 3.68. The van der Waals surface area contributed by atoms with E-state index < -0.39 is 0 Å². The monoisotopic (exact) mass is 316 g/mol. The van der Waals surface area contributed by atoms with Gasteiger partial charge < -0.3 is 5.73 Å². The second-order valence-electron chi connectivity index (χ2n) is 5.09. The number of hydrogen-bond donors (Lipinski definition) is 1. The number of hydrogen-bond acceptors (Lipinski definition) is 2. The average Bonchev–Trinajstić information content (AvgIpc) is 2.43. The van der Waals surface area contributed by atoms with Crippen molar-refractivity contribution in [2.75, 3.05) is 12.3 Å². The minimum absolute atomic E-state index is 0.815. The molecule has 2 N–H and O–H groups in total. The number of nitrogens with zero attached hydrogens (tertiary/aromatic N) is 1. The summed E-state index contributed by atoms with van der Waals surface area (Å²) in [5.74, 6) is 0. The van der Waals surface area contributed by atoms with E-state index in [1.165, 1.54) is 16.7 Å². The van der Waals surface area contributed by atoms with Crippen molar-refractivity contribution in [1.29, 1.82) is 0 Å². The number of benzene rings is 2. The molecule has 3 heteroatoms. The third-order valence-corrected chi connectivity index (χ3v) is 4.40. The van der Waals surface area contributed by atoms with E-state index in [1.807, 2.05) is 6.07 Å². The van der Waals surface area contributed by atoms with E-state index in [9.17, 15) is 0 Å². The fraction of sp³-hybridized carbons (Fsp3) is 0.250. The Balaban J connectivity index is 1.73. The minimum atomic E-state index is 0.815. The van der Waals surface area contributed by atoms with Crippen molar-refractivity contribution in [3.63, 3.8) is 0 Å². The Bertz CT molecular complexity index is 595. The summed E-state index contributed by atoms with van der Waals surface area (Å²) >= 11 is 3.44. The predicted molar refractivity (Wildman–Crippen MR) is 82.8 cm³/mol. The zero-order valence-corrected chi connectivity index (χ0v) is 12.4. The number of fused-ring (bicyclic) bond motifs is 1. The number of rotatable bonds is 2. The molecule has 1 heterocycles. The molecule has 0 aromatic heterocycles. The van der Waals surface area contributed by atoms with Crippen LogP contribution in [-0.4, -0.2) is 11.4 Å². The Hall–Kier alpha value is -1.32. The van der Waals surface area contributed by atoms with E-state index in [0.717, 1.165) is 36.2 Å². The van der Waals surface area contributed by atoms with Crippen LogP contribution in [0.1, 0.15) is 16.7 Å². The second-order valence-corrected chi connectivity index (χ2v) is 5.94. The normalized spacial score (nSPS) is 15.2. The molecule has 0 fully saturated rings. The molecule has 0 saturated carbocycles. The lowest BCUT2D eigenvalue weighted by atomic mass is 9.99. The SMILES string of the molecule is Nc1cc(CN2CCc3ccccc3C2)ccc1Br. The molecular weight excluding hydrogens is 300 g/mol. The molecule has 0 aliphatic carbocycles. The molecule has 0 bridgehead atoms. The van der Waals surface area contributed by atoms with Crippen molar-refractivity contribution in [3.05, 3.63) is 63.6 Å². The lowest BCUT2D eigenvalue weighted by molar-refractivity contribution is 0.245. The molecule has 0 radical (unpaired) electrons. The van der Waals surface area contributed by atoms with Crippen LogP contribution in [0.5, 0.6) is 0 Å². The number of halogens is 1. The van der Waals surface area contributed by atoms with Gasteiger partial charge in [-0.1, -0.05) is 30.3 Å². The highest BCUT2D eigenvalue weighted by Gasteiger charge is 2.15. The van der Waals surface area contributed by atoms with Gasteiger partial charge in [0.15, 0.2) is 0 Å². The lowest BCUT2D eigenvalue weighted by Gasteiger charge is -2.28. The van der Waals surface area contributed by atoms with Gasteiger partial charge in [0, 0.05) is 29.8 Å². The van der Waals surface area contributed by atoms with Crippen molar-refractivity contribution in [3.8, 4) is 0 Å². The standard InChI is InChI=1S/C16H17BrN2/c17-15-6-5-12(9-16(15)18)10-19-8-7-13-3-1-2-4-14(13)11-19/h1-6,9H,7-8,10-11,18H2. The van der Waals surface area contributed by atoms with E-state index >= 15 is 0 Å². The van der Waals surface area contributed by atoms with E-state index in [4.69, 9.17) is 5.73 Å². The maximum absolute atomic E-state index is 5.94. The number of nitrogens with two attached hydrogens (primary N) is 1. The van der Waals surface area contributed by atoms with Gasteiger partial charge in [0.25, 0.3) is 0 Å². The smallest absolute Gasteiger partial charge is 0.0461 e. The van der Waals surface area contributed by atoms with Crippen LogP contribution < -0.4 is 5.73 Å². The second kappa shape index (κ2) is 5.35. The Morgan fingerprint density at radius 3 is 2.68 bits per heavy atom. The molecule has 0 saturated heterocycles. The summed E-state index contributed by atoms with van der Waals surface area (Å²) in [7, 11) is 0. The Morgan fingerprint density at radius 2 is 1.89 bits per heavy atom. The van der Waals surface area contributed by atoms with Gasteiger partial charge in [-0.15, -0.1) is 0 Å². The topological polar surface area (TPSA) is 29.3 Å². The van der Waals surface area contributed by atoms with Gasteiger partial charge in [0.2, 0.25) is 0 Å². The molecule has 1 aliphatic rings. The first-order valence-corrected chi connectivity index (χ1v) is 7.35. The van der Waals surface area contributed by atoms with Crippen LogP contribution in [0.25, 0.3) is 0 Å². The summed E-state index contributed by atoms with van der Waals surface area (Å²) in [5.41, 5.74) is 11.0. The van der Waals surface area contributed by atoms with Gasteiger partial charge in [-0.05, 0) is 51.2 Å². The highest BCUT2D eigenvalue weighted by atomic mass is 79.9. The Morgan fingerprint density at radius 1 is 1.11 bits per heavy atom. The summed E-state index contributed by atoms with van der Waals surface area (Å²) < 4.78 is 0.972. The third kappa shape index (κ3) is 2.82. The van der Waals surface area contributed by atoms with Crippen LogP contribution in [0.2, 0.25) is 0 Å². The van der Waals surface area contributed by atoms with Crippen molar-refractivity contribution in [1.82, 2.24) is 4.90 Å². The maximum atomic E-state index is 5.94. The molecule has 0 amide bonds. The summed E-state index contributed by atoms with van der Waals surface area (Å²) in [4.78, 5) is 2.48. The summed E-state index contributed by atoms with van der Waals surface area (Å²) in [6.45, 7) is 3.12. The van der Waals surface area contributed by atoms with Crippen LogP contribution >= 0.6 is 15.9 Å². The fourth-order valence-corrected chi connectivity index (χ4v) is 2.89. The molecule has 0 spiro atoms. The van der Waals surface area contributed by atoms with E-state index in [1.54, 1.807) is 0 Å². The molecule has 3 rings (SSSR count). The highest BCUT2D eigenvalue weighted by Crippen LogP contribution is 2.23. The van der Waals surface area contributed by atoms with Gasteiger partial charge >= 0.3 is 0 Å². The first-order chi connectivity index (χ1) is 9.22. The van der Waals surface area contributed by atoms with Gasteiger partial charge in [-0.25, -0.2) is 0 Å². The molecule has 19 heavy (non-hydrogen) atoms. The first-order valence-electron chi connectivity index (χ1n) is 6.55. The zero-order valence-electron chi connectivity index (χ0n) is 10.8. The van der Waals surface area contributed by atoms with Crippen molar-refractivity contribution >= 4 is 21.6 Å². The zero-order chi connectivity index (χ0) is 13.2. The van der Waals surface area contributed by atoms with Crippen molar-refractivity contribution in [2.45, 2.75) is 19.5 Å². The Labute approximate surface area is 122 Å². The summed E-state index contributed by atoms with van der Waals surface area (Å²) in [6, 6.07) is 15.0. The Kier molecular flexibility index (Phi) is 3.58. The van der Waals surface area contributed by atoms with Crippen molar-refractivity contribution in [2.24, 2.45) is 0 Å².